The first kappa shape index (κ1) is 9.69. The van der Waals surface area contributed by atoms with Gasteiger partial charge in [-0.05, 0) is 25.7 Å². The van der Waals surface area contributed by atoms with Gasteiger partial charge >= 0.3 is 0 Å². The molecule has 2 heteroatoms. The molecule has 0 aliphatic heterocycles. The molecule has 0 aromatic rings. The van der Waals surface area contributed by atoms with E-state index in [0.717, 1.165) is 18.8 Å². The molecule has 1 radical (unpaired) electrons. The van der Waals surface area contributed by atoms with E-state index in [1.165, 1.54) is 4.43 Å². The minimum absolute atomic E-state index is 0.365. The van der Waals surface area contributed by atoms with E-state index in [2.05, 4.69) is 29.5 Å². The van der Waals surface area contributed by atoms with Gasteiger partial charge in [-0.1, -0.05) is 29.5 Å². The van der Waals surface area contributed by atoms with Gasteiger partial charge in [-0.3, -0.25) is 0 Å². The van der Waals surface area contributed by atoms with Crippen molar-refractivity contribution < 1.29 is 5.11 Å². The molecule has 0 saturated carbocycles. The first-order chi connectivity index (χ1) is 4.16. The molecule has 2 atom stereocenters. The van der Waals surface area contributed by atoms with Gasteiger partial charge in [-0.25, -0.2) is 5.11 Å². The Morgan fingerprint density at radius 1 is 1.33 bits per heavy atom. The van der Waals surface area contributed by atoms with Crippen molar-refractivity contribution in [1.29, 1.82) is 0 Å². The Hall–Kier alpha value is 0.690. The largest absolute Gasteiger partial charge is 0.233 e. The monoisotopic (exact) mass is 241 g/mol. The van der Waals surface area contributed by atoms with Gasteiger partial charge in [0.2, 0.25) is 0 Å². The highest BCUT2D eigenvalue weighted by Gasteiger charge is 2.02. The van der Waals surface area contributed by atoms with Gasteiger partial charge < -0.3 is 0 Å². The van der Waals surface area contributed by atoms with Crippen molar-refractivity contribution in [1.82, 2.24) is 0 Å². The topological polar surface area (TPSA) is 19.9 Å². The number of hydrogen-bond acceptors (Lipinski definition) is 0. The summed E-state index contributed by atoms with van der Waals surface area (Å²) in [6.45, 7) is 3.93. The summed E-state index contributed by atoms with van der Waals surface area (Å²) in [7, 11) is 0. The lowest BCUT2D eigenvalue weighted by molar-refractivity contribution is 0.0927. The molecule has 1 nitrogen and oxygen atoms in total. The third-order valence-corrected chi connectivity index (χ3v) is 2.83. The lowest BCUT2D eigenvalue weighted by Gasteiger charge is -2.06. The molecule has 0 fully saturated rings. The fraction of sp³-hybridized carbons (Fsp3) is 1.00. The molecule has 0 aromatic heterocycles. The zero-order valence-electron chi connectivity index (χ0n) is 6.06. The number of rotatable bonds is 4. The summed E-state index contributed by atoms with van der Waals surface area (Å²) in [5.41, 5.74) is 0. The zero-order chi connectivity index (χ0) is 7.28. The lowest BCUT2D eigenvalue weighted by atomic mass is 10.1. The van der Waals surface area contributed by atoms with Crippen LogP contribution >= 0.6 is 22.6 Å². The maximum absolute atomic E-state index is 10.5. The van der Waals surface area contributed by atoms with E-state index < -0.39 is 0 Å². The smallest absolute Gasteiger partial charge is 0.0902 e. The number of alkyl halides is 1. The summed E-state index contributed by atoms with van der Waals surface area (Å²) in [4.78, 5) is 0. The van der Waals surface area contributed by atoms with Gasteiger partial charge in [0.15, 0.2) is 0 Å². The molecule has 0 heterocycles. The average Bonchev–Trinajstić information content (AvgIpc) is 1.83. The molecule has 0 aliphatic rings. The highest BCUT2D eigenvalue weighted by atomic mass is 127. The minimum Gasteiger partial charge on any atom is -0.233 e. The molecular weight excluding hydrogens is 227 g/mol. The summed E-state index contributed by atoms with van der Waals surface area (Å²) in [5, 5.41) is 10.5. The van der Waals surface area contributed by atoms with Gasteiger partial charge in [-0.2, -0.15) is 0 Å². The van der Waals surface area contributed by atoms with Gasteiger partial charge in [0.25, 0.3) is 0 Å². The van der Waals surface area contributed by atoms with Gasteiger partial charge in [0.1, 0.15) is 0 Å². The molecule has 9 heavy (non-hydrogen) atoms. The van der Waals surface area contributed by atoms with Crippen molar-refractivity contribution in [3.8, 4) is 0 Å². The lowest BCUT2D eigenvalue weighted by Crippen LogP contribution is -2.02. The molecular formula is C7H14IO. The van der Waals surface area contributed by atoms with Gasteiger partial charge in [0, 0.05) is 4.43 Å². The molecule has 0 rings (SSSR count). The average molecular weight is 241 g/mol. The quantitative estimate of drug-likeness (QED) is 0.532. The van der Waals surface area contributed by atoms with E-state index >= 15 is 0 Å². The molecule has 0 amide bonds. The van der Waals surface area contributed by atoms with E-state index in [9.17, 15) is 5.11 Å². The van der Waals surface area contributed by atoms with Crippen LogP contribution in [-0.4, -0.2) is 10.5 Å². The first-order valence-electron chi connectivity index (χ1n) is 3.38. The Bertz CT molecular complexity index is 63.9. The fourth-order valence-electron chi connectivity index (χ4n) is 0.596. The highest BCUT2D eigenvalue weighted by Crippen LogP contribution is 2.10. The Balaban J connectivity index is 3.06. The Kier molecular flexibility index (Phi) is 5.89. The maximum atomic E-state index is 10.5. The summed E-state index contributed by atoms with van der Waals surface area (Å²) in [6.07, 6.45) is 1.56. The predicted molar refractivity (Wildman–Crippen MR) is 47.4 cm³/mol. The second-order valence-corrected chi connectivity index (χ2v) is 3.53. The molecule has 2 unspecified atom stereocenters. The Morgan fingerprint density at radius 3 is 2.22 bits per heavy atom. The van der Waals surface area contributed by atoms with Crippen molar-refractivity contribution in [3.05, 3.63) is 0 Å². The summed E-state index contributed by atoms with van der Waals surface area (Å²) >= 11 is 2.36. The molecule has 0 bridgehead atoms. The van der Waals surface area contributed by atoms with Crippen LogP contribution in [0.3, 0.4) is 0 Å². The molecule has 55 valence electrons. The van der Waals surface area contributed by atoms with Crippen LogP contribution in [-0.2, 0) is 5.11 Å². The van der Waals surface area contributed by atoms with Crippen LogP contribution < -0.4 is 0 Å². The van der Waals surface area contributed by atoms with Crippen LogP contribution in [0.5, 0.6) is 0 Å². The van der Waals surface area contributed by atoms with Crippen molar-refractivity contribution in [3.63, 3.8) is 0 Å². The van der Waals surface area contributed by atoms with E-state index in [-0.39, 0.29) is 6.10 Å². The number of halogens is 1. The van der Waals surface area contributed by atoms with Crippen molar-refractivity contribution >= 4 is 22.6 Å². The van der Waals surface area contributed by atoms with Crippen LogP contribution in [0.4, 0.5) is 0 Å². The zero-order valence-corrected chi connectivity index (χ0v) is 8.22. The highest BCUT2D eigenvalue weighted by molar-refractivity contribution is 14.1. The molecule has 0 N–H and O–H groups in total. The van der Waals surface area contributed by atoms with E-state index in [1.54, 1.807) is 6.92 Å². The summed E-state index contributed by atoms with van der Waals surface area (Å²) in [6, 6.07) is 0. The maximum Gasteiger partial charge on any atom is 0.0902 e. The van der Waals surface area contributed by atoms with Crippen molar-refractivity contribution in [2.45, 2.75) is 32.8 Å². The summed E-state index contributed by atoms with van der Waals surface area (Å²) < 4.78 is 1.17. The Labute approximate surface area is 71.0 Å². The Morgan fingerprint density at radius 2 is 1.89 bits per heavy atom. The van der Waals surface area contributed by atoms with Crippen LogP contribution in [0, 0.1) is 5.92 Å². The van der Waals surface area contributed by atoms with E-state index in [0.29, 0.717) is 0 Å². The van der Waals surface area contributed by atoms with Crippen LogP contribution in [0.2, 0.25) is 0 Å². The van der Waals surface area contributed by atoms with Crippen molar-refractivity contribution in [2.24, 2.45) is 5.92 Å². The molecule has 0 aromatic carbocycles. The van der Waals surface area contributed by atoms with E-state index in [1.807, 2.05) is 0 Å². The third-order valence-electron chi connectivity index (χ3n) is 1.33. The van der Waals surface area contributed by atoms with Crippen LogP contribution in [0.15, 0.2) is 0 Å². The molecule has 0 saturated heterocycles. The van der Waals surface area contributed by atoms with Gasteiger partial charge in [-0.15, -0.1) is 0 Å². The van der Waals surface area contributed by atoms with E-state index in [4.69, 9.17) is 0 Å². The van der Waals surface area contributed by atoms with Gasteiger partial charge in [0.05, 0.1) is 6.10 Å². The summed E-state index contributed by atoms with van der Waals surface area (Å²) in [5.74, 6) is 0.724. The van der Waals surface area contributed by atoms with Crippen molar-refractivity contribution in [2.75, 3.05) is 4.43 Å². The van der Waals surface area contributed by atoms with Crippen LogP contribution in [0.1, 0.15) is 26.7 Å². The predicted octanol–water partition coefficient (Wildman–Crippen LogP) is 2.66. The second kappa shape index (κ2) is 5.47. The third kappa shape index (κ3) is 6.58. The van der Waals surface area contributed by atoms with Crippen LogP contribution in [0.25, 0.3) is 0 Å². The first-order valence-corrected chi connectivity index (χ1v) is 4.91. The normalized spacial score (nSPS) is 17.3. The fourth-order valence-corrected chi connectivity index (χ4v) is 1.04. The second-order valence-electron chi connectivity index (χ2n) is 2.65. The SMILES string of the molecule is CC([O])CCC(C)CI. The number of hydrogen-bond donors (Lipinski definition) is 0. The standard InChI is InChI=1S/C7H14IO/c1-6(5-8)3-4-7(2)9/h6-7H,3-5H2,1-2H3. The minimum atomic E-state index is -0.365. The molecule has 0 aliphatic carbocycles. The molecule has 0 spiro atoms.